The van der Waals surface area contributed by atoms with Gasteiger partial charge in [0.2, 0.25) is 5.88 Å². The predicted molar refractivity (Wildman–Crippen MR) is 93.3 cm³/mol. The monoisotopic (exact) mass is 328 g/mol. The molecule has 0 saturated heterocycles. The topological polar surface area (TPSA) is 67.4 Å². The second-order valence-electron chi connectivity index (χ2n) is 5.43. The van der Waals surface area contributed by atoms with Crippen LogP contribution in [0.1, 0.15) is 31.1 Å². The number of likely N-dealkylation sites (N-methyl/N-ethyl adjacent to an activating group) is 1. The summed E-state index contributed by atoms with van der Waals surface area (Å²) in [7, 11) is 0. The summed E-state index contributed by atoms with van der Waals surface area (Å²) in [5.74, 6) is 0.626. The first-order valence-electron chi connectivity index (χ1n) is 8.20. The first-order chi connectivity index (χ1) is 11.7. The lowest BCUT2D eigenvalue weighted by atomic mass is 10.2. The molecule has 0 aromatic carbocycles. The van der Waals surface area contributed by atoms with E-state index in [0.717, 1.165) is 13.1 Å². The van der Waals surface area contributed by atoms with Gasteiger partial charge in [0.05, 0.1) is 6.20 Å². The molecule has 1 amide bonds. The van der Waals surface area contributed by atoms with E-state index in [1.54, 1.807) is 42.9 Å². The van der Waals surface area contributed by atoms with Gasteiger partial charge in [0.1, 0.15) is 11.3 Å². The average Bonchev–Trinajstić information content (AvgIpc) is 2.62. The Bertz CT molecular complexity index is 644. The summed E-state index contributed by atoms with van der Waals surface area (Å²) in [6.45, 7) is 8.81. The Morgan fingerprint density at radius 1 is 1.25 bits per heavy atom. The molecule has 2 aromatic heterocycles. The van der Waals surface area contributed by atoms with Crippen LogP contribution in [0.5, 0.6) is 11.6 Å². The molecule has 2 heterocycles. The van der Waals surface area contributed by atoms with Crippen LogP contribution in [0.15, 0.2) is 42.9 Å². The summed E-state index contributed by atoms with van der Waals surface area (Å²) in [5.41, 5.74) is 0.410. The lowest BCUT2D eigenvalue weighted by molar-refractivity contribution is 0.0935. The Balaban J connectivity index is 2.04. The van der Waals surface area contributed by atoms with Gasteiger partial charge in [-0.05, 0) is 44.3 Å². The quantitative estimate of drug-likeness (QED) is 0.807. The molecule has 128 valence electrons. The van der Waals surface area contributed by atoms with Crippen LogP contribution in [-0.4, -0.2) is 46.5 Å². The fourth-order valence-corrected chi connectivity index (χ4v) is 2.48. The smallest absolute Gasteiger partial charge is 0.256 e. The lowest BCUT2D eigenvalue weighted by Crippen LogP contribution is -2.42. The number of rotatable bonds is 8. The van der Waals surface area contributed by atoms with Crippen molar-refractivity contribution in [3.63, 3.8) is 0 Å². The zero-order chi connectivity index (χ0) is 17.4. The van der Waals surface area contributed by atoms with Gasteiger partial charge in [-0.25, -0.2) is 4.98 Å². The summed E-state index contributed by atoms with van der Waals surface area (Å²) in [6.07, 6.45) is 4.84. The third kappa shape index (κ3) is 4.76. The number of ether oxygens (including phenoxy) is 1. The molecule has 0 fully saturated rings. The third-order valence-electron chi connectivity index (χ3n) is 3.86. The number of carbonyl (C=O) groups excluding carboxylic acids is 1. The number of nitrogens with zero attached hydrogens (tertiary/aromatic N) is 3. The van der Waals surface area contributed by atoms with E-state index in [2.05, 4.69) is 41.0 Å². The van der Waals surface area contributed by atoms with E-state index in [1.807, 2.05) is 0 Å². The van der Waals surface area contributed by atoms with Crippen LogP contribution in [0, 0.1) is 0 Å². The van der Waals surface area contributed by atoms with Gasteiger partial charge in [-0.3, -0.25) is 14.7 Å². The molecule has 2 aromatic rings. The molecule has 1 atom stereocenters. The summed E-state index contributed by atoms with van der Waals surface area (Å²) in [5, 5.41) is 2.96. The summed E-state index contributed by atoms with van der Waals surface area (Å²) >= 11 is 0. The zero-order valence-corrected chi connectivity index (χ0v) is 14.4. The molecule has 6 nitrogen and oxygen atoms in total. The van der Waals surface area contributed by atoms with Crippen molar-refractivity contribution < 1.29 is 9.53 Å². The van der Waals surface area contributed by atoms with Crippen LogP contribution in [0.3, 0.4) is 0 Å². The van der Waals surface area contributed by atoms with E-state index in [-0.39, 0.29) is 17.8 Å². The Morgan fingerprint density at radius 2 is 2.00 bits per heavy atom. The van der Waals surface area contributed by atoms with Crippen molar-refractivity contribution in [3.8, 4) is 11.6 Å². The first kappa shape index (κ1) is 17.9. The van der Waals surface area contributed by atoms with E-state index in [0.29, 0.717) is 17.9 Å². The van der Waals surface area contributed by atoms with E-state index in [4.69, 9.17) is 4.74 Å². The molecule has 0 aliphatic carbocycles. The largest absolute Gasteiger partial charge is 0.437 e. The number of nitrogens with one attached hydrogen (secondary N) is 1. The SMILES string of the molecule is CCN(CC)[C@@H](C)CNC(=O)c1cccnc1Oc1cccnc1. The minimum Gasteiger partial charge on any atom is -0.437 e. The highest BCUT2D eigenvalue weighted by Gasteiger charge is 2.16. The van der Waals surface area contributed by atoms with E-state index < -0.39 is 0 Å². The number of aromatic nitrogens is 2. The maximum Gasteiger partial charge on any atom is 0.256 e. The molecular weight excluding hydrogens is 304 g/mol. The van der Waals surface area contributed by atoms with Gasteiger partial charge in [-0.15, -0.1) is 0 Å². The summed E-state index contributed by atoms with van der Waals surface area (Å²) in [4.78, 5) is 22.9. The van der Waals surface area contributed by atoms with Gasteiger partial charge in [0, 0.05) is 25.0 Å². The zero-order valence-electron chi connectivity index (χ0n) is 14.4. The van der Waals surface area contributed by atoms with Crippen molar-refractivity contribution >= 4 is 5.91 Å². The van der Waals surface area contributed by atoms with Gasteiger partial charge < -0.3 is 10.1 Å². The van der Waals surface area contributed by atoms with Crippen LogP contribution in [0.25, 0.3) is 0 Å². The minimum absolute atomic E-state index is 0.194. The van der Waals surface area contributed by atoms with E-state index >= 15 is 0 Å². The van der Waals surface area contributed by atoms with Gasteiger partial charge in [-0.2, -0.15) is 0 Å². The molecule has 1 N–H and O–H groups in total. The molecule has 6 heteroatoms. The van der Waals surface area contributed by atoms with Gasteiger partial charge in [-0.1, -0.05) is 13.8 Å². The molecule has 0 spiro atoms. The van der Waals surface area contributed by atoms with Crippen LogP contribution in [0.4, 0.5) is 0 Å². The van der Waals surface area contributed by atoms with Crippen LogP contribution < -0.4 is 10.1 Å². The lowest BCUT2D eigenvalue weighted by Gasteiger charge is -2.26. The Kier molecular flexibility index (Phi) is 6.69. The molecule has 2 rings (SSSR count). The molecule has 0 radical (unpaired) electrons. The highest BCUT2D eigenvalue weighted by atomic mass is 16.5. The van der Waals surface area contributed by atoms with Crippen LogP contribution in [-0.2, 0) is 0 Å². The Hall–Kier alpha value is -2.47. The molecule has 0 saturated carbocycles. The predicted octanol–water partition coefficient (Wildman–Crippen LogP) is 2.73. The maximum atomic E-state index is 12.5. The Labute approximate surface area is 142 Å². The van der Waals surface area contributed by atoms with Gasteiger partial charge >= 0.3 is 0 Å². The molecule has 0 aliphatic heterocycles. The second kappa shape index (κ2) is 8.98. The number of amides is 1. The van der Waals surface area contributed by atoms with Gasteiger partial charge in [0.25, 0.3) is 5.91 Å². The number of hydrogen-bond acceptors (Lipinski definition) is 5. The molecular formula is C18H24N4O2. The fourth-order valence-electron chi connectivity index (χ4n) is 2.48. The molecule has 0 unspecified atom stereocenters. The third-order valence-corrected chi connectivity index (χ3v) is 3.86. The average molecular weight is 328 g/mol. The Morgan fingerprint density at radius 3 is 2.67 bits per heavy atom. The van der Waals surface area contributed by atoms with Gasteiger partial charge in [0.15, 0.2) is 0 Å². The highest BCUT2D eigenvalue weighted by molar-refractivity contribution is 5.96. The van der Waals surface area contributed by atoms with Crippen LogP contribution in [0.2, 0.25) is 0 Å². The molecule has 24 heavy (non-hydrogen) atoms. The first-order valence-corrected chi connectivity index (χ1v) is 8.20. The summed E-state index contributed by atoms with van der Waals surface area (Å²) in [6, 6.07) is 7.23. The van der Waals surface area contributed by atoms with Crippen molar-refractivity contribution in [2.75, 3.05) is 19.6 Å². The number of carbonyl (C=O) groups is 1. The van der Waals surface area contributed by atoms with E-state index in [9.17, 15) is 4.79 Å². The maximum absolute atomic E-state index is 12.5. The van der Waals surface area contributed by atoms with Crippen LogP contribution >= 0.6 is 0 Å². The number of pyridine rings is 2. The van der Waals surface area contributed by atoms with E-state index in [1.165, 1.54) is 0 Å². The van der Waals surface area contributed by atoms with Crippen molar-refractivity contribution in [3.05, 3.63) is 48.4 Å². The standard InChI is InChI=1S/C18H24N4O2/c1-4-22(5-2)14(3)12-21-17(23)16-9-7-11-20-18(16)24-15-8-6-10-19-13-15/h6-11,13-14H,4-5,12H2,1-3H3,(H,21,23)/t14-/m0/s1. The molecule has 0 bridgehead atoms. The van der Waals surface area contributed by atoms with Crippen molar-refractivity contribution in [2.24, 2.45) is 0 Å². The second-order valence-corrected chi connectivity index (χ2v) is 5.43. The highest BCUT2D eigenvalue weighted by Crippen LogP contribution is 2.21. The normalized spacial score (nSPS) is 12.0. The molecule has 0 aliphatic rings. The minimum atomic E-state index is -0.194. The van der Waals surface area contributed by atoms with Crippen molar-refractivity contribution in [1.82, 2.24) is 20.2 Å². The van der Waals surface area contributed by atoms with Crippen molar-refractivity contribution in [2.45, 2.75) is 26.8 Å². The van der Waals surface area contributed by atoms with Crippen molar-refractivity contribution in [1.29, 1.82) is 0 Å². The number of hydrogen-bond donors (Lipinski definition) is 1. The summed E-state index contributed by atoms with van der Waals surface area (Å²) < 4.78 is 5.68. The fraction of sp³-hybridized carbons (Fsp3) is 0.389.